The van der Waals surface area contributed by atoms with E-state index in [0.29, 0.717) is 6.54 Å². The van der Waals surface area contributed by atoms with Crippen LogP contribution < -0.4 is 5.32 Å². The van der Waals surface area contributed by atoms with Gasteiger partial charge in [-0.3, -0.25) is 4.79 Å². The van der Waals surface area contributed by atoms with E-state index in [1.807, 2.05) is 11.8 Å². The molecule has 2 unspecified atom stereocenters. The highest BCUT2D eigenvalue weighted by molar-refractivity contribution is 5.83. The van der Waals surface area contributed by atoms with Crippen molar-refractivity contribution >= 4 is 5.91 Å². The zero-order valence-electron chi connectivity index (χ0n) is 12.4. The lowest BCUT2D eigenvalue weighted by Gasteiger charge is -2.44. The molecule has 2 aliphatic heterocycles. The first-order chi connectivity index (χ1) is 8.99. The van der Waals surface area contributed by atoms with Crippen molar-refractivity contribution in [1.29, 1.82) is 0 Å². The molecule has 2 aliphatic rings. The number of nitrogens with one attached hydrogen (secondary N) is 1. The number of carbonyl (C=O) groups is 1. The van der Waals surface area contributed by atoms with Gasteiger partial charge in [0.15, 0.2) is 0 Å². The van der Waals surface area contributed by atoms with Gasteiger partial charge < -0.3 is 15.3 Å². The number of likely N-dealkylation sites (tertiary alicyclic amines) is 1. The van der Waals surface area contributed by atoms with Gasteiger partial charge in [-0.2, -0.15) is 0 Å². The van der Waals surface area contributed by atoms with Gasteiger partial charge in [0.2, 0.25) is 5.91 Å². The predicted octanol–water partition coefficient (Wildman–Crippen LogP) is 1.53. The third kappa shape index (κ3) is 3.29. The highest BCUT2D eigenvalue weighted by Gasteiger charge is 2.43. The maximum Gasteiger partial charge on any atom is 0.230 e. The Balaban J connectivity index is 2.10. The van der Waals surface area contributed by atoms with E-state index in [2.05, 4.69) is 12.2 Å². The molecule has 2 saturated heterocycles. The molecule has 0 aromatic carbocycles. The fraction of sp³-hybridized carbons (Fsp3) is 0.933. The van der Waals surface area contributed by atoms with Crippen LogP contribution in [0.1, 0.15) is 52.4 Å². The van der Waals surface area contributed by atoms with Crippen LogP contribution in [-0.4, -0.2) is 47.7 Å². The van der Waals surface area contributed by atoms with E-state index in [9.17, 15) is 9.90 Å². The lowest BCUT2D eigenvalue weighted by atomic mass is 9.75. The molecule has 0 aromatic rings. The Kier molecular flexibility index (Phi) is 4.51. The first-order valence-corrected chi connectivity index (χ1v) is 7.72. The van der Waals surface area contributed by atoms with Crippen LogP contribution in [0.5, 0.6) is 0 Å². The average molecular weight is 268 g/mol. The molecule has 110 valence electrons. The lowest BCUT2D eigenvalue weighted by molar-refractivity contribution is -0.150. The summed E-state index contributed by atoms with van der Waals surface area (Å²) >= 11 is 0. The fourth-order valence-corrected chi connectivity index (χ4v) is 3.68. The van der Waals surface area contributed by atoms with Crippen LogP contribution >= 0.6 is 0 Å². The Morgan fingerprint density at radius 1 is 1.37 bits per heavy atom. The molecule has 2 rings (SSSR count). The Bertz CT molecular complexity index is 317. The molecular formula is C15H28N2O2. The largest absolute Gasteiger partial charge is 0.388 e. The summed E-state index contributed by atoms with van der Waals surface area (Å²) in [5, 5.41) is 13.6. The molecule has 0 aromatic heterocycles. The van der Waals surface area contributed by atoms with Gasteiger partial charge in [-0.15, -0.1) is 0 Å². The van der Waals surface area contributed by atoms with Crippen LogP contribution in [0, 0.1) is 5.41 Å². The molecule has 0 bridgehead atoms. The lowest BCUT2D eigenvalue weighted by Crippen LogP contribution is -2.56. The standard InChI is InChI=1S/C15H28N2O2/c1-3-6-15(8-4-9-16-11-15)13(18)17-10-5-7-14(2,19)12-17/h16,19H,3-12H2,1-2H3. The zero-order valence-corrected chi connectivity index (χ0v) is 12.4. The Labute approximate surface area is 116 Å². The number of amides is 1. The second kappa shape index (κ2) is 5.80. The first-order valence-electron chi connectivity index (χ1n) is 7.72. The molecule has 1 amide bonds. The highest BCUT2D eigenvalue weighted by atomic mass is 16.3. The van der Waals surface area contributed by atoms with Gasteiger partial charge in [-0.1, -0.05) is 13.3 Å². The zero-order chi connectivity index (χ0) is 13.9. The second-order valence-corrected chi connectivity index (χ2v) is 6.64. The van der Waals surface area contributed by atoms with Crippen LogP contribution in [0.25, 0.3) is 0 Å². The normalized spacial score (nSPS) is 36.3. The van der Waals surface area contributed by atoms with E-state index in [1.54, 1.807) is 0 Å². The second-order valence-electron chi connectivity index (χ2n) is 6.64. The Hall–Kier alpha value is -0.610. The van der Waals surface area contributed by atoms with E-state index in [-0.39, 0.29) is 11.3 Å². The smallest absolute Gasteiger partial charge is 0.230 e. The van der Waals surface area contributed by atoms with Crippen molar-refractivity contribution in [1.82, 2.24) is 10.2 Å². The van der Waals surface area contributed by atoms with E-state index >= 15 is 0 Å². The van der Waals surface area contributed by atoms with Crippen LogP contribution in [0.3, 0.4) is 0 Å². The van der Waals surface area contributed by atoms with Crippen molar-refractivity contribution in [2.75, 3.05) is 26.2 Å². The molecule has 2 fully saturated rings. The summed E-state index contributed by atoms with van der Waals surface area (Å²) in [6.45, 7) is 7.13. The molecule has 19 heavy (non-hydrogen) atoms. The summed E-state index contributed by atoms with van der Waals surface area (Å²) in [5.41, 5.74) is -0.927. The summed E-state index contributed by atoms with van der Waals surface area (Å²) in [5.74, 6) is 0.265. The molecule has 0 aliphatic carbocycles. The Morgan fingerprint density at radius 3 is 2.74 bits per heavy atom. The third-order valence-electron chi connectivity index (χ3n) is 4.62. The molecule has 0 spiro atoms. The number of carbonyl (C=O) groups excluding carboxylic acids is 1. The molecular weight excluding hydrogens is 240 g/mol. The number of rotatable bonds is 3. The molecule has 0 radical (unpaired) electrons. The van der Waals surface area contributed by atoms with Crippen molar-refractivity contribution in [3.05, 3.63) is 0 Å². The fourth-order valence-electron chi connectivity index (χ4n) is 3.68. The summed E-state index contributed by atoms with van der Waals surface area (Å²) in [4.78, 5) is 14.8. The molecule has 2 heterocycles. The number of piperidine rings is 2. The number of β-amino-alcohol motifs (C(OH)–C–C–N with tert-alkyl or cyclic N) is 1. The first kappa shape index (κ1) is 14.8. The van der Waals surface area contributed by atoms with Crippen LogP contribution in [0.4, 0.5) is 0 Å². The van der Waals surface area contributed by atoms with Gasteiger partial charge in [0, 0.05) is 19.6 Å². The quantitative estimate of drug-likeness (QED) is 0.816. The summed E-state index contributed by atoms with van der Waals surface area (Å²) in [6, 6.07) is 0. The van der Waals surface area contributed by atoms with Gasteiger partial charge >= 0.3 is 0 Å². The maximum absolute atomic E-state index is 12.9. The third-order valence-corrected chi connectivity index (χ3v) is 4.62. The molecule has 0 saturated carbocycles. The molecule has 2 N–H and O–H groups in total. The number of nitrogens with zero attached hydrogens (tertiary/aromatic N) is 1. The minimum absolute atomic E-state index is 0.222. The van der Waals surface area contributed by atoms with Crippen LogP contribution in [0.15, 0.2) is 0 Å². The van der Waals surface area contributed by atoms with Crippen molar-refractivity contribution in [2.24, 2.45) is 5.41 Å². The van der Waals surface area contributed by atoms with Crippen LogP contribution in [-0.2, 0) is 4.79 Å². The predicted molar refractivity (Wildman–Crippen MR) is 75.9 cm³/mol. The van der Waals surface area contributed by atoms with E-state index < -0.39 is 5.60 Å². The minimum atomic E-state index is -0.705. The topological polar surface area (TPSA) is 52.6 Å². The molecule has 4 nitrogen and oxygen atoms in total. The monoisotopic (exact) mass is 268 g/mol. The summed E-state index contributed by atoms with van der Waals surface area (Å²) in [6.07, 6.45) is 5.78. The van der Waals surface area contributed by atoms with Crippen molar-refractivity contribution in [2.45, 2.75) is 58.0 Å². The van der Waals surface area contributed by atoms with Gasteiger partial charge in [0.05, 0.1) is 11.0 Å². The van der Waals surface area contributed by atoms with E-state index in [0.717, 1.165) is 58.2 Å². The number of hydrogen-bond donors (Lipinski definition) is 2. The maximum atomic E-state index is 12.9. The van der Waals surface area contributed by atoms with Crippen molar-refractivity contribution in [3.63, 3.8) is 0 Å². The summed E-state index contributed by atoms with van der Waals surface area (Å²) < 4.78 is 0. The molecule has 2 atom stereocenters. The van der Waals surface area contributed by atoms with Gasteiger partial charge in [0.25, 0.3) is 0 Å². The average Bonchev–Trinajstić information content (AvgIpc) is 2.38. The van der Waals surface area contributed by atoms with Crippen molar-refractivity contribution < 1.29 is 9.90 Å². The SMILES string of the molecule is CCCC1(C(=O)N2CCCC(C)(O)C2)CCCNC1. The van der Waals surface area contributed by atoms with Gasteiger partial charge in [0.1, 0.15) is 0 Å². The highest BCUT2D eigenvalue weighted by Crippen LogP contribution is 2.35. The van der Waals surface area contributed by atoms with Crippen molar-refractivity contribution in [3.8, 4) is 0 Å². The minimum Gasteiger partial charge on any atom is -0.388 e. The number of aliphatic hydroxyl groups is 1. The van der Waals surface area contributed by atoms with E-state index in [4.69, 9.17) is 0 Å². The summed E-state index contributed by atoms with van der Waals surface area (Å²) in [7, 11) is 0. The van der Waals surface area contributed by atoms with E-state index in [1.165, 1.54) is 0 Å². The van der Waals surface area contributed by atoms with Crippen LogP contribution in [0.2, 0.25) is 0 Å². The number of hydrogen-bond acceptors (Lipinski definition) is 3. The van der Waals surface area contributed by atoms with Gasteiger partial charge in [-0.05, 0) is 45.6 Å². The van der Waals surface area contributed by atoms with Gasteiger partial charge in [-0.25, -0.2) is 0 Å². The molecule has 4 heteroatoms. The Morgan fingerprint density at radius 2 is 2.16 bits per heavy atom.